The van der Waals surface area contributed by atoms with Gasteiger partial charge in [-0.25, -0.2) is 9.29 Å². The van der Waals surface area contributed by atoms with Crippen molar-refractivity contribution in [2.75, 3.05) is 29.2 Å². The SMILES string of the molecule is CN(C)c1ccc(NC2=C(c3ccccc3)C(=O)N(c3cccc(F)c3)C2=O)cc1. The molecule has 0 atom stereocenters. The number of hydrogen-bond acceptors (Lipinski definition) is 4. The van der Waals surface area contributed by atoms with Gasteiger partial charge in [0.1, 0.15) is 11.5 Å². The van der Waals surface area contributed by atoms with Gasteiger partial charge in [0.15, 0.2) is 0 Å². The highest BCUT2D eigenvalue weighted by molar-refractivity contribution is 6.46. The molecule has 0 saturated heterocycles. The third-order valence-corrected chi connectivity index (χ3v) is 4.87. The van der Waals surface area contributed by atoms with Crippen molar-refractivity contribution in [2.24, 2.45) is 0 Å². The van der Waals surface area contributed by atoms with Gasteiger partial charge in [0.25, 0.3) is 11.8 Å². The topological polar surface area (TPSA) is 52.7 Å². The normalized spacial score (nSPS) is 13.8. The van der Waals surface area contributed by atoms with Gasteiger partial charge in [-0.05, 0) is 48.0 Å². The number of halogens is 1. The maximum absolute atomic E-state index is 13.8. The van der Waals surface area contributed by atoms with Gasteiger partial charge in [0, 0.05) is 25.5 Å². The molecule has 0 radical (unpaired) electrons. The van der Waals surface area contributed by atoms with Gasteiger partial charge in [0.05, 0.1) is 11.3 Å². The summed E-state index contributed by atoms with van der Waals surface area (Å²) >= 11 is 0. The molecule has 30 heavy (non-hydrogen) atoms. The monoisotopic (exact) mass is 401 g/mol. The Labute approximate surface area is 174 Å². The first-order chi connectivity index (χ1) is 14.5. The van der Waals surface area contributed by atoms with Crippen molar-refractivity contribution in [3.05, 3.63) is 95.9 Å². The van der Waals surface area contributed by atoms with E-state index in [0.717, 1.165) is 10.6 Å². The molecule has 5 nitrogen and oxygen atoms in total. The minimum atomic E-state index is -0.527. The van der Waals surface area contributed by atoms with Gasteiger partial charge in [-0.1, -0.05) is 36.4 Å². The Balaban J connectivity index is 1.77. The van der Waals surface area contributed by atoms with Gasteiger partial charge in [-0.15, -0.1) is 0 Å². The fourth-order valence-electron chi connectivity index (χ4n) is 3.36. The van der Waals surface area contributed by atoms with E-state index < -0.39 is 17.6 Å². The molecule has 0 aliphatic carbocycles. The van der Waals surface area contributed by atoms with Crippen molar-refractivity contribution in [2.45, 2.75) is 0 Å². The number of carbonyl (C=O) groups is 2. The van der Waals surface area contributed by atoms with Gasteiger partial charge in [-0.3, -0.25) is 9.59 Å². The number of imide groups is 1. The van der Waals surface area contributed by atoms with Crippen LogP contribution in [0.2, 0.25) is 0 Å². The van der Waals surface area contributed by atoms with Crippen molar-refractivity contribution in [3.63, 3.8) is 0 Å². The van der Waals surface area contributed by atoms with E-state index >= 15 is 0 Å². The average Bonchev–Trinajstić information content (AvgIpc) is 2.98. The van der Waals surface area contributed by atoms with Crippen LogP contribution >= 0.6 is 0 Å². The van der Waals surface area contributed by atoms with Crippen LogP contribution in [0.5, 0.6) is 0 Å². The van der Waals surface area contributed by atoms with E-state index in [4.69, 9.17) is 0 Å². The maximum Gasteiger partial charge on any atom is 0.282 e. The smallest absolute Gasteiger partial charge is 0.282 e. The standard InChI is InChI=1S/C24H20FN3O2/c1-27(2)19-13-11-18(12-14-19)26-22-21(16-7-4-3-5-8-16)23(29)28(24(22)30)20-10-6-9-17(25)15-20/h3-15,26H,1-2H3. The molecule has 4 rings (SSSR count). The molecule has 3 aromatic rings. The van der Waals surface area contributed by atoms with E-state index in [2.05, 4.69) is 5.32 Å². The Kier molecular flexibility index (Phi) is 5.06. The highest BCUT2D eigenvalue weighted by Gasteiger charge is 2.40. The van der Waals surface area contributed by atoms with Crippen molar-refractivity contribution < 1.29 is 14.0 Å². The van der Waals surface area contributed by atoms with Gasteiger partial charge >= 0.3 is 0 Å². The maximum atomic E-state index is 13.8. The second-order valence-corrected chi connectivity index (χ2v) is 7.11. The largest absolute Gasteiger partial charge is 0.378 e. The third-order valence-electron chi connectivity index (χ3n) is 4.87. The molecular formula is C24H20FN3O2. The molecule has 3 aromatic carbocycles. The summed E-state index contributed by atoms with van der Waals surface area (Å²) in [5.74, 6) is -1.54. The fraction of sp³-hybridized carbons (Fsp3) is 0.0833. The van der Waals surface area contributed by atoms with E-state index in [1.807, 2.05) is 49.3 Å². The number of nitrogens with zero attached hydrogens (tertiary/aromatic N) is 2. The van der Waals surface area contributed by atoms with Crippen LogP contribution in [0.3, 0.4) is 0 Å². The molecule has 1 heterocycles. The van der Waals surface area contributed by atoms with Crippen molar-refractivity contribution >= 4 is 34.4 Å². The van der Waals surface area contributed by atoms with E-state index in [9.17, 15) is 14.0 Å². The molecule has 1 aliphatic heterocycles. The molecular weight excluding hydrogens is 381 g/mol. The van der Waals surface area contributed by atoms with E-state index in [-0.39, 0.29) is 17.0 Å². The predicted molar refractivity (Wildman–Crippen MR) is 117 cm³/mol. The molecule has 0 spiro atoms. The molecule has 0 bridgehead atoms. The molecule has 0 aromatic heterocycles. The second kappa shape index (κ2) is 7.83. The van der Waals surface area contributed by atoms with E-state index in [1.54, 1.807) is 24.3 Å². The highest BCUT2D eigenvalue weighted by atomic mass is 19.1. The fourth-order valence-corrected chi connectivity index (χ4v) is 3.36. The molecule has 0 fully saturated rings. The Morgan fingerprint density at radius 3 is 2.17 bits per heavy atom. The summed E-state index contributed by atoms with van der Waals surface area (Å²) in [6.07, 6.45) is 0. The quantitative estimate of drug-likeness (QED) is 0.648. The molecule has 6 heteroatoms. The molecule has 1 aliphatic rings. The van der Waals surface area contributed by atoms with Crippen LogP contribution in [0.15, 0.2) is 84.6 Å². The Bertz CT molecular complexity index is 1140. The Morgan fingerprint density at radius 1 is 0.833 bits per heavy atom. The zero-order chi connectivity index (χ0) is 21.3. The number of nitrogens with one attached hydrogen (secondary N) is 1. The average molecular weight is 401 g/mol. The van der Waals surface area contributed by atoms with E-state index in [1.165, 1.54) is 24.3 Å². The van der Waals surface area contributed by atoms with Crippen LogP contribution in [0.25, 0.3) is 5.57 Å². The van der Waals surface area contributed by atoms with Crippen molar-refractivity contribution in [3.8, 4) is 0 Å². The summed E-state index contributed by atoms with van der Waals surface area (Å²) in [6.45, 7) is 0. The second-order valence-electron chi connectivity index (χ2n) is 7.11. The van der Waals surface area contributed by atoms with Crippen molar-refractivity contribution in [1.82, 2.24) is 0 Å². The number of amides is 2. The predicted octanol–water partition coefficient (Wildman–Crippen LogP) is 4.29. The Morgan fingerprint density at radius 2 is 1.53 bits per heavy atom. The van der Waals surface area contributed by atoms with Crippen LogP contribution in [0.4, 0.5) is 21.5 Å². The van der Waals surface area contributed by atoms with Gasteiger partial charge in [0.2, 0.25) is 0 Å². The molecule has 0 unspecified atom stereocenters. The lowest BCUT2D eigenvalue weighted by Gasteiger charge is -2.16. The lowest BCUT2D eigenvalue weighted by atomic mass is 10.0. The highest BCUT2D eigenvalue weighted by Crippen LogP contribution is 2.34. The summed E-state index contributed by atoms with van der Waals surface area (Å²) in [5, 5.41) is 3.11. The first-order valence-corrected chi connectivity index (χ1v) is 9.44. The van der Waals surface area contributed by atoms with Gasteiger partial charge in [-0.2, -0.15) is 0 Å². The zero-order valence-corrected chi connectivity index (χ0v) is 16.6. The molecule has 2 amide bonds. The van der Waals surface area contributed by atoms with Crippen molar-refractivity contribution in [1.29, 1.82) is 0 Å². The van der Waals surface area contributed by atoms with Crippen LogP contribution in [0, 0.1) is 5.82 Å². The summed E-state index contributed by atoms with van der Waals surface area (Å²) in [4.78, 5) is 29.5. The summed E-state index contributed by atoms with van der Waals surface area (Å²) < 4.78 is 13.8. The summed E-state index contributed by atoms with van der Waals surface area (Å²) in [6, 6.07) is 21.9. The molecule has 1 N–H and O–H groups in total. The minimum absolute atomic E-state index is 0.160. The molecule has 150 valence electrons. The zero-order valence-electron chi connectivity index (χ0n) is 16.6. The van der Waals surface area contributed by atoms with Gasteiger partial charge < -0.3 is 10.2 Å². The number of anilines is 3. The first-order valence-electron chi connectivity index (χ1n) is 9.44. The van der Waals surface area contributed by atoms with Crippen LogP contribution < -0.4 is 15.1 Å². The minimum Gasteiger partial charge on any atom is -0.378 e. The number of carbonyl (C=O) groups excluding carboxylic acids is 2. The number of hydrogen-bond donors (Lipinski definition) is 1. The van der Waals surface area contributed by atoms with E-state index in [0.29, 0.717) is 11.3 Å². The third kappa shape index (κ3) is 3.55. The Hall–Kier alpha value is -3.93. The lowest BCUT2D eigenvalue weighted by molar-refractivity contribution is -0.120. The first kappa shape index (κ1) is 19.4. The lowest BCUT2D eigenvalue weighted by Crippen LogP contribution is -2.32. The number of rotatable bonds is 5. The molecule has 0 saturated carbocycles. The summed E-state index contributed by atoms with van der Waals surface area (Å²) in [5.41, 5.74) is 2.90. The van der Waals surface area contributed by atoms with Crippen LogP contribution in [-0.4, -0.2) is 25.9 Å². The van der Waals surface area contributed by atoms with Crippen LogP contribution in [-0.2, 0) is 9.59 Å². The van der Waals surface area contributed by atoms with Crippen LogP contribution in [0.1, 0.15) is 5.56 Å². The summed E-state index contributed by atoms with van der Waals surface area (Å²) in [7, 11) is 3.88. The number of benzene rings is 3.